The third kappa shape index (κ3) is 2.94. The van der Waals surface area contributed by atoms with Gasteiger partial charge in [-0.05, 0) is 37.6 Å². The van der Waals surface area contributed by atoms with E-state index in [2.05, 4.69) is 10.6 Å². The number of hydrogen-bond donors (Lipinski definition) is 2. The van der Waals surface area contributed by atoms with Crippen LogP contribution in [0.15, 0.2) is 18.2 Å². The third-order valence-corrected chi connectivity index (χ3v) is 2.20. The molecule has 1 atom stereocenters. The van der Waals surface area contributed by atoms with Crippen molar-refractivity contribution >= 4 is 11.6 Å². The SMILES string of the molecule is CNC(=O)C(C)Nc1ccc(F)cc1C. The molecular weight excluding hydrogens is 195 g/mol. The molecular formula is C11H15FN2O. The number of benzene rings is 1. The number of anilines is 1. The number of hydrogen-bond acceptors (Lipinski definition) is 2. The van der Waals surface area contributed by atoms with Crippen molar-refractivity contribution in [2.45, 2.75) is 19.9 Å². The molecule has 15 heavy (non-hydrogen) atoms. The zero-order valence-electron chi connectivity index (χ0n) is 9.10. The molecule has 3 nitrogen and oxygen atoms in total. The third-order valence-electron chi connectivity index (χ3n) is 2.20. The van der Waals surface area contributed by atoms with E-state index in [4.69, 9.17) is 0 Å². The molecule has 4 heteroatoms. The normalized spacial score (nSPS) is 12.0. The summed E-state index contributed by atoms with van der Waals surface area (Å²) in [5.74, 6) is -0.371. The van der Waals surface area contributed by atoms with Gasteiger partial charge in [-0.25, -0.2) is 4.39 Å². The van der Waals surface area contributed by atoms with E-state index in [1.165, 1.54) is 12.1 Å². The lowest BCUT2D eigenvalue weighted by Gasteiger charge is -2.15. The van der Waals surface area contributed by atoms with Gasteiger partial charge in [-0.3, -0.25) is 4.79 Å². The first-order valence-corrected chi connectivity index (χ1v) is 4.79. The first kappa shape index (κ1) is 11.5. The summed E-state index contributed by atoms with van der Waals surface area (Å²) < 4.78 is 12.8. The molecule has 0 saturated carbocycles. The minimum Gasteiger partial charge on any atom is -0.374 e. The molecule has 0 radical (unpaired) electrons. The number of amides is 1. The molecule has 1 rings (SSSR count). The molecule has 1 aromatic carbocycles. The fraction of sp³-hybridized carbons (Fsp3) is 0.364. The van der Waals surface area contributed by atoms with Crippen LogP contribution in [0, 0.1) is 12.7 Å². The summed E-state index contributed by atoms with van der Waals surface area (Å²) in [6.45, 7) is 3.55. The summed E-state index contributed by atoms with van der Waals surface area (Å²) in [5.41, 5.74) is 1.55. The summed E-state index contributed by atoms with van der Waals surface area (Å²) >= 11 is 0. The Kier molecular flexibility index (Phi) is 3.66. The largest absolute Gasteiger partial charge is 0.374 e. The predicted molar refractivity (Wildman–Crippen MR) is 58.3 cm³/mol. The molecule has 2 N–H and O–H groups in total. The standard InChI is InChI=1S/C11H15FN2O/c1-7-6-9(12)4-5-10(7)14-8(2)11(15)13-3/h4-6,8,14H,1-3H3,(H,13,15). The van der Waals surface area contributed by atoms with Crippen molar-refractivity contribution in [3.63, 3.8) is 0 Å². The van der Waals surface area contributed by atoms with Crippen LogP contribution >= 0.6 is 0 Å². The summed E-state index contributed by atoms with van der Waals surface area (Å²) in [6, 6.07) is 4.09. The van der Waals surface area contributed by atoms with Gasteiger partial charge in [0.05, 0.1) is 0 Å². The van der Waals surface area contributed by atoms with E-state index in [0.29, 0.717) is 0 Å². The highest BCUT2D eigenvalue weighted by Crippen LogP contribution is 2.16. The Morgan fingerprint density at radius 1 is 1.47 bits per heavy atom. The quantitative estimate of drug-likeness (QED) is 0.797. The van der Waals surface area contributed by atoms with Crippen molar-refractivity contribution in [2.75, 3.05) is 12.4 Å². The van der Waals surface area contributed by atoms with Crippen molar-refractivity contribution in [2.24, 2.45) is 0 Å². The van der Waals surface area contributed by atoms with Crippen LogP contribution in [-0.4, -0.2) is 19.0 Å². The second kappa shape index (κ2) is 4.77. The zero-order valence-corrected chi connectivity index (χ0v) is 9.10. The molecule has 0 spiro atoms. The molecule has 0 saturated heterocycles. The van der Waals surface area contributed by atoms with Gasteiger partial charge in [0, 0.05) is 12.7 Å². The minimum atomic E-state index is -0.334. The maximum Gasteiger partial charge on any atom is 0.241 e. The fourth-order valence-electron chi connectivity index (χ4n) is 1.30. The molecule has 1 aromatic rings. The number of halogens is 1. The van der Waals surface area contributed by atoms with Crippen LogP contribution in [0.4, 0.5) is 10.1 Å². The Labute approximate surface area is 88.7 Å². The van der Waals surface area contributed by atoms with Crippen LogP contribution in [0.5, 0.6) is 0 Å². The maximum atomic E-state index is 12.8. The highest BCUT2D eigenvalue weighted by molar-refractivity contribution is 5.84. The van der Waals surface area contributed by atoms with E-state index < -0.39 is 0 Å². The topological polar surface area (TPSA) is 41.1 Å². The van der Waals surface area contributed by atoms with Crippen molar-refractivity contribution in [1.82, 2.24) is 5.32 Å². The second-order valence-electron chi connectivity index (χ2n) is 3.44. The lowest BCUT2D eigenvalue weighted by molar-refractivity contribution is -0.121. The van der Waals surface area contributed by atoms with Gasteiger partial charge >= 0.3 is 0 Å². The molecule has 0 heterocycles. The first-order chi connectivity index (χ1) is 7.04. The lowest BCUT2D eigenvalue weighted by atomic mass is 10.1. The van der Waals surface area contributed by atoms with E-state index in [9.17, 15) is 9.18 Å². The minimum absolute atomic E-state index is 0.0984. The van der Waals surface area contributed by atoms with Crippen molar-refractivity contribution < 1.29 is 9.18 Å². The molecule has 0 aliphatic rings. The van der Waals surface area contributed by atoms with Crippen molar-refractivity contribution in [1.29, 1.82) is 0 Å². The average Bonchev–Trinajstić information content (AvgIpc) is 2.20. The van der Waals surface area contributed by atoms with Gasteiger partial charge in [-0.2, -0.15) is 0 Å². The first-order valence-electron chi connectivity index (χ1n) is 4.79. The van der Waals surface area contributed by atoms with Gasteiger partial charge < -0.3 is 10.6 Å². The number of rotatable bonds is 3. The van der Waals surface area contributed by atoms with Gasteiger partial charge in [-0.15, -0.1) is 0 Å². The lowest BCUT2D eigenvalue weighted by Crippen LogP contribution is -2.35. The van der Waals surface area contributed by atoms with E-state index >= 15 is 0 Å². The average molecular weight is 210 g/mol. The number of carbonyl (C=O) groups excluding carboxylic acids is 1. The number of nitrogens with one attached hydrogen (secondary N) is 2. The molecule has 0 aromatic heterocycles. The molecule has 0 aliphatic carbocycles. The number of carbonyl (C=O) groups is 1. The van der Waals surface area contributed by atoms with Crippen LogP contribution in [0.3, 0.4) is 0 Å². The molecule has 1 unspecified atom stereocenters. The smallest absolute Gasteiger partial charge is 0.241 e. The summed E-state index contributed by atoms with van der Waals surface area (Å²) in [4.78, 5) is 11.2. The highest BCUT2D eigenvalue weighted by Gasteiger charge is 2.11. The van der Waals surface area contributed by atoms with E-state index in [-0.39, 0.29) is 17.8 Å². The summed E-state index contributed by atoms with van der Waals surface area (Å²) in [5, 5.41) is 5.55. The Balaban J connectivity index is 2.76. The molecule has 0 fully saturated rings. The second-order valence-corrected chi connectivity index (χ2v) is 3.44. The zero-order chi connectivity index (χ0) is 11.4. The van der Waals surface area contributed by atoms with Gasteiger partial charge in [0.2, 0.25) is 5.91 Å². The van der Waals surface area contributed by atoms with Gasteiger partial charge in [0.1, 0.15) is 11.9 Å². The van der Waals surface area contributed by atoms with E-state index in [1.807, 2.05) is 0 Å². The van der Waals surface area contributed by atoms with Gasteiger partial charge in [0.25, 0.3) is 0 Å². The Morgan fingerprint density at radius 2 is 2.13 bits per heavy atom. The summed E-state index contributed by atoms with van der Waals surface area (Å²) in [7, 11) is 1.58. The molecule has 0 aliphatic heterocycles. The van der Waals surface area contributed by atoms with Crippen LogP contribution in [0.1, 0.15) is 12.5 Å². The number of likely N-dealkylation sites (N-methyl/N-ethyl adjacent to an activating group) is 1. The van der Waals surface area contributed by atoms with Gasteiger partial charge in [-0.1, -0.05) is 0 Å². The van der Waals surface area contributed by atoms with Crippen LogP contribution in [0.2, 0.25) is 0 Å². The monoisotopic (exact) mass is 210 g/mol. The van der Waals surface area contributed by atoms with Crippen molar-refractivity contribution in [3.05, 3.63) is 29.6 Å². The van der Waals surface area contributed by atoms with Crippen LogP contribution in [0.25, 0.3) is 0 Å². The van der Waals surface area contributed by atoms with E-state index in [1.54, 1.807) is 27.0 Å². The Hall–Kier alpha value is -1.58. The molecule has 0 bridgehead atoms. The van der Waals surface area contributed by atoms with Crippen LogP contribution in [-0.2, 0) is 4.79 Å². The summed E-state index contributed by atoms with van der Waals surface area (Å²) in [6.07, 6.45) is 0. The maximum absolute atomic E-state index is 12.8. The fourth-order valence-corrected chi connectivity index (χ4v) is 1.30. The Bertz CT molecular complexity index is 366. The van der Waals surface area contributed by atoms with E-state index in [0.717, 1.165) is 11.3 Å². The molecule has 82 valence electrons. The van der Waals surface area contributed by atoms with Gasteiger partial charge in [0.15, 0.2) is 0 Å². The highest BCUT2D eigenvalue weighted by atomic mass is 19.1. The van der Waals surface area contributed by atoms with Crippen LogP contribution < -0.4 is 10.6 Å². The molecule has 1 amide bonds. The Morgan fingerprint density at radius 3 is 2.67 bits per heavy atom. The van der Waals surface area contributed by atoms with Crippen molar-refractivity contribution in [3.8, 4) is 0 Å². The predicted octanol–water partition coefficient (Wildman–Crippen LogP) is 1.68. The number of aryl methyl sites for hydroxylation is 1.